The molecule has 4 rings (SSSR count). The van der Waals surface area contributed by atoms with Crippen molar-refractivity contribution in [2.45, 2.75) is 19.4 Å². The minimum absolute atomic E-state index is 0.473. The van der Waals surface area contributed by atoms with E-state index in [-0.39, 0.29) is 0 Å². The Kier molecular flexibility index (Phi) is 6.76. The minimum Gasteiger partial charge on any atom is -0.372 e. The molecule has 0 aliphatic rings. The number of nitrogens with one attached hydrogen (secondary N) is 1. The van der Waals surface area contributed by atoms with Gasteiger partial charge in [-0.2, -0.15) is 5.10 Å². The largest absolute Gasteiger partial charge is 0.372 e. The first-order chi connectivity index (χ1) is 15.9. The molecule has 0 unspecified atom stereocenters. The Balaban J connectivity index is 1.61. The number of benzene rings is 3. The molecule has 1 heterocycles. The van der Waals surface area contributed by atoms with Gasteiger partial charge in [0.2, 0.25) is 0 Å². The van der Waals surface area contributed by atoms with Gasteiger partial charge in [0.05, 0.1) is 6.21 Å². The van der Waals surface area contributed by atoms with Crippen molar-refractivity contribution in [3.8, 4) is 5.69 Å². The molecule has 0 saturated heterocycles. The predicted molar refractivity (Wildman–Crippen MR) is 140 cm³/mol. The first-order valence-corrected chi connectivity index (χ1v) is 11.6. The zero-order valence-corrected chi connectivity index (χ0v) is 20.5. The van der Waals surface area contributed by atoms with Crippen LogP contribution >= 0.6 is 22.6 Å². The fourth-order valence-electron chi connectivity index (χ4n) is 3.96. The quantitative estimate of drug-likeness (QED) is 0.200. The van der Waals surface area contributed by atoms with Crippen LogP contribution in [0.25, 0.3) is 5.69 Å². The van der Waals surface area contributed by atoms with Gasteiger partial charge in [0.25, 0.3) is 5.91 Å². The maximum absolute atomic E-state index is 13.2. The molecule has 1 amide bonds. The van der Waals surface area contributed by atoms with Crippen LogP contribution in [0.1, 0.15) is 28.1 Å². The highest BCUT2D eigenvalue weighted by atomic mass is 127. The number of aromatic nitrogens is 1. The van der Waals surface area contributed by atoms with Gasteiger partial charge in [0.1, 0.15) is 0 Å². The first kappa shape index (κ1) is 22.9. The Morgan fingerprint density at radius 2 is 1.55 bits per heavy atom. The molecule has 0 aliphatic heterocycles. The van der Waals surface area contributed by atoms with Gasteiger partial charge in [-0.25, -0.2) is 5.43 Å². The second kappa shape index (κ2) is 9.72. The summed E-state index contributed by atoms with van der Waals surface area (Å²) in [4.78, 5) is 13.2. The highest BCUT2D eigenvalue weighted by Gasteiger charge is 2.39. The molecular weight excluding hydrogens is 525 g/mol. The maximum atomic E-state index is 13.2. The second-order valence-corrected chi connectivity index (χ2v) is 9.03. The number of hydrogen-bond donors (Lipinski definition) is 2. The van der Waals surface area contributed by atoms with Crippen molar-refractivity contribution in [3.05, 3.63) is 123 Å². The minimum atomic E-state index is -1.86. The number of hydrazone groups is 1. The molecule has 6 heteroatoms. The summed E-state index contributed by atoms with van der Waals surface area (Å²) >= 11 is 2.30. The monoisotopic (exact) mass is 549 g/mol. The van der Waals surface area contributed by atoms with Crippen molar-refractivity contribution in [1.29, 1.82) is 0 Å². The van der Waals surface area contributed by atoms with Crippen molar-refractivity contribution in [1.82, 2.24) is 9.99 Å². The van der Waals surface area contributed by atoms with Crippen LogP contribution in [0.15, 0.2) is 96.1 Å². The average molecular weight is 549 g/mol. The molecule has 0 atom stereocenters. The molecule has 1 aromatic heterocycles. The number of carbonyl (C=O) groups excluding carboxylic acids is 1. The van der Waals surface area contributed by atoms with Crippen molar-refractivity contribution in [2.24, 2.45) is 5.10 Å². The van der Waals surface area contributed by atoms with Gasteiger partial charge in [-0.05, 0) is 71.8 Å². The highest BCUT2D eigenvalue weighted by molar-refractivity contribution is 14.1. The fraction of sp³-hybridized carbons (Fsp3) is 0.111. The lowest BCUT2D eigenvalue weighted by Gasteiger charge is -2.27. The predicted octanol–water partition coefficient (Wildman–Crippen LogP) is 5.08. The van der Waals surface area contributed by atoms with E-state index in [1.54, 1.807) is 54.7 Å². The molecule has 33 heavy (non-hydrogen) atoms. The SMILES string of the molecule is Cc1cc(/C=N/NC(=O)C(O)(c2ccccc2)c2ccccc2)c(C)n1-c1cccc(I)c1. The summed E-state index contributed by atoms with van der Waals surface area (Å²) in [6, 6.07) is 28.0. The van der Waals surface area contributed by atoms with Crippen molar-refractivity contribution >= 4 is 34.7 Å². The summed E-state index contributed by atoms with van der Waals surface area (Å²) < 4.78 is 3.30. The van der Waals surface area contributed by atoms with Crippen LogP contribution in [0.5, 0.6) is 0 Å². The van der Waals surface area contributed by atoms with Gasteiger partial charge in [-0.3, -0.25) is 4.79 Å². The van der Waals surface area contributed by atoms with E-state index in [1.165, 1.54) is 0 Å². The molecule has 0 aliphatic carbocycles. The van der Waals surface area contributed by atoms with Crippen LogP contribution in [0, 0.1) is 17.4 Å². The summed E-state index contributed by atoms with van der Waals surface area (Å²) in [6.45, 7) is 4.05. The number of aryl methyl sites for hydroxylation is 1. The number of amides is 1. The van der Waals surface area contributed by atoms with Crippen LogP contribution in [0.4, 0.5) is 0 Å². The molecule has 0 fully saturated rings. The van der Waals surface area contributed by atoms with Gasteiger partial charge in [-0.15, -0.1) is 0 Å². The van der Waals surface area contributed by atoms with E-state index in [9.17, 15) is 9.90 Å². The summed E-state index contributed by atoms with van der Waals surface area (Å²) in [5.41, 5.74) is 5.65. The van der Waals surface area contributed by atoms with Crippen LogP contribution in [0.2, 0.25) is 0 Å². The van der Waals surface area contributed by atoms with E-state index < -0.39 is 11.5 Å². The van der Waals surface area contributed by atoms with E-state index in [0.717, 1.165) is 26.2 Å². The van der Waals surface area contributed by atoms with Crippen LogP contribution in [0.3, 0.4) is 0 Å². The average Bonchev–Trinajstić information content (AvgIpc) is 3.12. The van der Waals surface area contributed by atoms with Crippen LogP contribution in [-0.4, -0.2) is 21.8 Å². The van der Waals surface area contributed by atoms with Gasteiger partial charge < -0.3 is 9.67 Å². The highest BCUT2D eigenvalue weighted by Crippen LogP contribution is 2.30. The molecular formula is C27H24IN3O2. The normalized spacial score (nSPS) is 11.6. The topological polar surface area (TPSA) is 66.6 Å². The summed E-state index contributed by atoms with van der Waals surface area (Å²) in [5, 5.41) is 15.7. The zero-order valence-electron chi connectivity index (χ0n) is 18.4. The second-order valence-electron chi connectivity index (χ2n) is 7.78. The number of rotatable bonds is 6. The molecule has 0 bridgehead atoms. The third-order valence-electron chi connectivity index (χ3n) is 5.62. The summed E-state index contributed by atoms with van der Waals surface area (Å²) in [7, 11) is 0. The van der Waals surface area contributed by atoms with Crippen LogP contribution < -0.4 is 5.43 Å². The number of aliphatic hydroxyl groups is 1. The number of halogens is 1. The smallest absolute Gasteiger partial charge is 0.281 e. The fourth-order valence-corrected chi connectivity index (χ4v) is 4.49. The molecule has 0 spiro atoms. The molecule has 2 N–H and O–H groups in total. The van der Waals surface area contributed by atoms with Crippen molar-refractivity contribution in [2.75, 3.05) is 0 Å². The Morgan fingerprint density at radius 1 is 0.939 bits per heavy atom. The molecule has 3 aromatic carbocycles. The van der Waals surface area contributed by atoms with Crippen molar-refractivity contribution < 1.29 is 9.90 Å². The lowest BCUT2D eigenvalue weighted by molar-refractivity contribution is -0.136. The Morgan fingerprint density at radius 3 is 2.12 bits per heavy atom. The molecule has 4 aromatic rings. The summed E-state index contributed by atoms with van der Waals surface area (Å²) in [6.07, 6.45) is 1.61. The lowest BCUT2D eigenvalue weighted by Crippen LogP contribution is -2.43. The number of carbonyl (C=O) groups is 1. The first-order valence-electron chi connectivity index (χ1n) is 10.5. The Bertz CT molecular complexity index is 1260. The van der Waals surface area contributed by atoms with Gasteiger partial charge in [0, 0.05) is 26.2 Å². The Labute approximate surface area is 206 Å². The number of hydrogen-bond acceptors (Lipinski definition) is 3. The van der Waals surface area contributed by atoms with E-state index in [4.69, 9.17) is 0 Å². The van der Waals surface area contributed by atoms with E-state index in [1.807, 2.05) is 38.1 Å². The molecule has 0 saturated carbocycles. The van der Waals surface area contributed by atoms with Crippen molar-refractivity contribution in [3.63, 3.8) is 0 Å². The van der Waals surface area contributed by atoms with E-state index in [0.29, 0.717) is 11.1 Å². The maximum Gasteiger partial charge on any atom is 0.281 e. The zero-order chi connectivity index (χ0) is 23.4. The van der Waals surface area contributed by atoms with Crippen LogP contribution in [-0.2, 0) is 10.4 Å². The number of nitrogens with zero attached hydrogens (tertiary/aromatic N) is 2. The lowest BCUT2D eigenvalue weighted by atomic mass is 9.85. The standard InChI is InChI=1S/C27H24IN3O2/c1-19-16-21(20(2)31(19)25-15-9-14-24(28)17-25)18-29-30-26(32)27(33,22-10-5-3-6-11-22)23-12-7-4-8-13-23/h3-18,33H,1-2H3,(H,30,32)/b29-18+. The van der Waals surface area contributed by atoms with Gasteiger partial charge in [-0.1, -0.05) is 66.7 Å². The van der Waals surface area contributed by atoms with Gasteiger partial charge in [0.15, 0.2) is 5.60 Å². The molecule has 5 nitrogen and oxygen atoms in total. The molecule has 0 radical (unpaired) electrons. The summed E-state index contributed by atoms with van der Waals surface area (Å²) in [5.74, 6) is -0.623. The van der Waals surface area contributed by atoms with Gasteiger partial charge >= 0.3 is 0 Å². The third-order valence-corrected chi connectivity index (χ3v) is 6.29. The molecule has 166 valence electrons. The van der Waals surface area contributed by atoms with E-state index >= 15 is 0 Å². The third kappa shape index (κ3) is 4.62. The van der Waals surface area contributed by atoms with E-state index in [2.05, 4.69) is 55.9 Å². The Hall–Kier alpha value is -3.23.